The van der Waals surface area contributed by atoms with Crippen molar-refractivity contribution in [1.29, 1.82) is 0 Å². The summed E-state index contributed by atoms with van der Waals surface area (Å²) in [4.78, 5) is 45.7. The van der Waals surface area contributed by atoms with Crippen LogP contribution in [0.2, 0.25) is 5.15 Å². The molecule has 9 heterocycles. The molecule has 3 saturated heterocycles. The van der Waals surface area contributed by atoms with Crippen LogP contribution in [-0.4, -0.2) is 126 Å². The number of benzene rings is 4. The van der Waals surface area contributed by atoms with Crippen LogP contribution in [0.1, 0.15) is 108 Å². The van der Waals surface area contributed by atoms with E-state index < -0.39 is 0 Å². The van der Waals surface area contributed by atoms with Gasteiger partial charge in [0.25, 0.3) is 11.8 Å². The Morgan fingerprint density at radius 3 is 1.63 bits per heavy atom. The highest BCUT2D eigenvalue weighted by Crippen LogP contribution is 2.38. The van der Waals surface area contributed by atoms with Gasteiger partial charge in [0.05, 0.1) is 71.2 Å². The molecular weight excluding hydrogens is 1010 g/mol. The zero-order valence-corrected chi connectivity index (χ0v) is 45.8. The summed E-state index contributed by atoms with van der Waals surface area (Å²) in [5.41, 5.74) is 10.5. The molecule has 13 rings (SSSR count). The maximum Gasteiger partial charge on any atom is 0.487 e. The molecule has 79 heavy (non-hydrogen) atoms. The Morgan fingerprint density at radius 1 is 0.608 bits per heavy atom. The number of nitrogens with one attached hydrogen (secondary N) is 4. The van der Waals surface area contributed by atoms with E-state index >= 15 is 0 Å². The number of aromatic amines is 2. The molecule has 4 aromatic heterocycles. The number of pyridine rings is 2. The molecular formula is C63H72BClN8O6. The van der Waals surface area contributed by atoms with E-state index in [1.807, 2.05) is 42.6 Å². The van der Waals surface area contributed by atoms with Crippen molar-refractivity contribution in [3.63, 3.8) is 0 Å². The summed E-state index contributed by atoms with van der Waals surface area (Å²) < 4.78 is 22.9. The monoisotopic (exact) mass is 1080 g/mol. The Balaban J connectivity index is 0.000000138. The number of aromatic nitrogens is 4. The third kappa shape index (κ3) is 12.7. The lowest BCUT2D eigenvalue weighted by Crippen LogP contribution is -2.41. The third-order valence-electron chi connectivity index (χ3n) is 15.7. The van der Waals surface area contributed by atoms with E-state index in [-0.39, 0.29) is 37.6 Å². The van der Waals surface area contributed by atoms with Crippen molar-refractivity contribution in [2.45, 2.75) is 85.1 Å². The topological polar surface area (TPSA) is 159 Å². The molecule has 0 spiro atoms. The average molecular weight is 1080 g/mol. The lowest BCUT2D eigenvalue weighted by molar-refractivity contribution is 0.00578. The Hall–Kier alpha value is -6.69. The van der Waals surface area contributed by atoms with Gasteiger partial charge >= 0.3 is 7.12 Å². The number of fused-ring (bicyclic) bond motifs is 10. The number of nitrogens with zero attached hydrogens (tertiary/aromatic N) is 4. The van der Waals surface area contributed by atoms with Crippen molar-refractivity contribution in [3.05, 3.63) is 159 Å². The van der Waals surface area contributed by atoms with E-state index in [9.17, 15) is 9.59 Å². The highest BCUT2D eigenvalue weighted by molar-refractivity contribution is 6.52. The Morgan fingerprint density at radius 2 is 1.10 bits per heavy atom. The molecule has 0 saturated carbocycles. The number of ether oxygens (including phenoxy) is 2. The van der Waals surface area contributed by atoms with Crippen molar-refractivity contribution in [2.75, 3.05) is 65.7 Å². The number of rotatable bonds is 8. The van der Waals surface area contributed by atoms with Crippen LogP contribution in [-0.2, 0) is 44.7 Å². The number of morpholine rings is 2. The number of hydrogen-bond donors (Lipinski definition) is 4. The lowest BCUT2D eigenvalue weighted by Gasteiger charge is -2.32. The van der Waals surface area contributed by atoms with Crippen LogP contribution in [0, 0.1) is 0 Å². The van der Waals surface area contributed by atoms with Gasteiger partial charge in [0.15, 0.2) is 0 Å². The van der Waals surface area contributed by atoms with Crippen molar-refractivity contribution in [3.8, 4) is 0 Å². The summed E-state index contributed by atoms with van der Waals surface area (Å²) in [7, 11) is -0.294. The molecule has 0 atom stereocenters. The van der Waals surface area contributed by atoms with Crippen molar-refractivity contribution >= 4 is 92.1 Å². The number of hydrogen-bond acceptors (Lipinski definition) is 10. The number of carbonyl (C=O) groups is 2. The summed E-state index contributed by atoms with van der Waals surface area (Å²) in [5, 5.41) is 12.5. The summed E-state index contributed by atoms with van der Waals surface area (Å²) in [5.74, 6) is 1.98. The molecule has 0 unspecified atom stereocenters. The summed E-state index contributed by atoms with van der Waals surface area (Å²) >= 11 is 6.04. The second kappa shape index (κ2) is 24.4. The second-order valence-corrected chi connectivity index (χ2v) is 22.2. The SMILES string of the molecule is C.CC1(C)OB(/C=C/c2cccc(CN3CCOCC3)c2)OC1(C)C.O=C1NCCCc2nc3c(ccc4c[nH]c(/C=C/c5cccc(CN6CCOCC6)c5)cc43)c21.O=C1NCCCc2nc3c(ccc4c[nH]c(Cl)cc43)c21. The van der Waals surface area contributed by atoms with Gasteiger partial charge in [0.1, 0.15) is 5.15 Å². The van der Waals surface area contributed by atoms with Crippen LogP contribution in [0.3, 0.4) is 0 Å². The molecule has 410 valence electrons. The molecule has 8 aromatic rings. The van der Waals surface area contributed by atoms with E-state index in [1.54, 1.807) is 0 Å². The zero-order valence-electron chi connectivity index (χ0n) is 45.1. The number of carbonyl (C=O) groups excluding carboxylic acids is 2. The first-order valence-electron chi connectivity index (χ1n) is 27.4. The van der Waals surface area contributed by atoms with Gasteiger partial charge in [0.2, 0.25) is 0 Å². The first kappa shape index (κ1) is 55.6. The van der Waals surface area contributed by atoms with Crippen LogP contribution in [0.5, 0.6) is 0 Å². The molecule has 5 aliphatic heterocycles. The van der Waals surface area contributed by atoms with Crippen LogP contribution < -0.4 is 10.6 Å². The molecule has 2 amide bonds. The van der Waals surface area contributed by atoms with Gasteiger partial charge in [0, 0.05) is 97.4 Å². The fourth-order valence-corrected chi connectivity index (χ4v) is 11.0. The van der Waals surface area contributed by atoms with Gasteiger partial charge in [-0.1, -0.05) is 110 Å². The highest BCUT2D eigenvalue weighted by Gasteiger charge is 2.50. The molecule has 0 radical (unpaired) electrons. The Labute approximate surface area is 468 Å². The summed E-state index contributed by atoms with van der Waals surface area (Å²) in [6, 6.07) is 29.4. The summed E-state index contributed by atoms with van der Waals surface area (Å²) in [6.07, 6.45) is 13.7. The van der Waals surface area contributed by atoms with Crippen LogP contribution in [0.4, 0.5) is 0 Å². The minimum atomic E-state index is -0.294. The van der Waals surface area contributed by atoms with Crippen molar-refractivity contribution < 1.29 is 28.4 Å². The van der Waals surface area contributed by atoms with Crippen LogP contribution >= 0.6 is 11.6 Å². The minimum Gasteiger partial charge on any atom is -0.400 e. The Bertz CT molecular complexity index is 3540. The number of aryl methyl sites for hydroxylation is 2. The zero-order chi connectivity index (χ0) is 53.8. The molecule has 0 bridgehead atoms. The quantitative estimate of drug-likeness (QED) is 0.0852. The lowest BCUT2D eigenvalue weighted by atomic mass is 9.89. The van der Waals surface area contributed by atoms with Crippen molar-refractivity contribution in [2.24, 2.45) is 0 Å². The molecule has 14 nitrogen and oxygen atoms in total. The normalized spacial score (nSPS) is 18.5. The van der Waals surface area contributed by atoms with Gasteiger partial charge in [-0.3, -0.25) is 29.4 Å². The van der Waals surface area contributed by atoms with E-state index in [2.05, 4.69) is 137 Å². The van der Waals surface area contributed by atoms with Gasteiger partial charge in [-0.2, -0.15) is 0 Å². The van der Waals surface area contributed by atoms with E-state index in [1.165, 1.54) is 22.3 Å². The predicted molar refractivity (Wildman–Crippen MR) is 319 cm³/mol. The Kier molecular flexibility index (Phi) is 17.1. The maximum absolute atomic E-state index is 12.6. The van der Waals surface area contributed by atoms with Crippen LogP contribution in [0.25, 0.3) is 61.6 Å². The smallest absolute Gasteiger partial charge is 0.400 e. The molecule has 16 heteroatoms. The fourth-order valence-electron chi connectivity index (χ4n) is 10.8. The molecule has 4 aromatic carbocycles. The fraction of sp³-hybridized carbons (Fsp3) is 0.365. The van der Waals surface area contributed by atoms with Crippen molar-refractivity contribution in [1.82, 2.24) is 40.4 Å². The maximum atomic E-state index is 12.6. The number of halogens is 1. The second-order valence-electron chi connectivity index (χ2n) is 21.8. The van der Waals surface area contributed by atoms with E-state index in [4.69, 9.17) is 40.4 Å². The molecule has 0 aliphatic carbocycles. The van der Waals surface area contributed by atoms with E-state index in [0.29, 0.717) is 18.2 Å². The average Bonchev–Trinajstić information content (AvgIpc) is 4.24. The minimum absolute atomic E-state index is 0. The molecule has 5 aliphatic rings. The molecule has 4 N–H and O–H groups in total. The predicted octanol–water partition coefficient (Wildman–Crippen LogP) is 11.2. The van der Waals surface area contributed by atoms with Gasteiger partial charge in [-0.05, 0) is 99.2 Å². The summed E-state index contributed by atoms with van der Waals surface area (Å²) in [6.45, 7) is 18.9. The first-order valence-corrected chi connectivity index (χ1v) is 27.8. The van der Waals surface area contributed by atoms with Crippen LogP contribution in [0.15, 0.2) is 103 Å². The van der Waals surface area contributed by atoms with Gasteiger partial charge in [-0.15, -0.1) is 0 Å². The number of amides is 2. The van der Waals surface area contributed by atoms with Gasteiger partial charge in [-0.25, -0.2) is 0 Å². The van der Waals surface area contributed by atoms with Gasteiger partial charge < -0.3 is 39.4 Å². The number of H-pyrrole nitrogens is 2. The standard InChI is InChI=1S/C28H28N4O2.C19H28BNO3.C15H12ClN3O.CH4/c33-28-26-23-9-7-21-17-30-22(16-24(21)27(23)31-25(26)5-2-10-29-28)8-6-19-3-1-4-20(15-19)18-32-11-13-34-14-12-32;1-18(2)19(3,4)24-20(23-18)9-8-16-6-5-7-17(14-16)15-21-10-12-22-13-11-21;16-12-6-10-8(7-18-12)3-4-9-13-11(19-14(9)10)2-1-5-17-15(13)20;/h1,3-4,6-9,15-17,30H,2,5,10-14,18H2,(H,29,33);5-9,14H,10-13,15H2,1-4H3;3-4,6-7,18H,1-2,5H2,(H,17,20);1H4/b8-6+;9-8+;;. The van der Waals surface area contributed by atoms with E-state index in [0.717, 1.165) is 163 Å². The highest BCUT2D eigenvalue weighted by atomic mass is 35.5. The molecule has 3 fully saturated rings. The third-order valence-corrected chi connectivity index (χ3v) is 16.0. The largest absolute Gasteiger partial charge is 0.487 e. The first-order chi connectivity index (χ1) is 37.8.